The highest BCUT2D eigenvalue weighted by Gasteiger charge is 2.24. The number of likely N-dealkylation sites (N-methyl/N-ethyl adjacent to an activating group) is 1. The second-order valence-electron chi connectivity index (χ2n) is 6.41. The minimum Gasteiger partial charge on any atom is -0.493 e. The number of hydrogen-bond donors (Lipinski definition) is 0. The highest BCUT2D eigenvalue weighted by atomic mass is 35.5. The van der Waals surface area contributed by atoms with Crippen molar-refractivity contribution in [3.05, 3.63) is 41.1 Å². The van der Waals surface area contributed by atoms with Crippen LogP contribution in [0.3, 0.4) is 0 Å². The Labute approximate surface area is 148 Å². The largest absolute Gasteiger partial charge is 0.493 e. The van der Waals surface area contributed by atoms with Gasteiger partial charge >= 0.3 is 0 Å². The smallest absolute Gasteiger partial charge is 0.178 e. The summed E-state index contributed by atoms with van der Waals surface area (Å²) in [4.78, 5) is 2.29. The van der Waals surface area contributed by atoms with Crippen molar-refractivity contribution in [2.24, 2.45) is 5.92 Å². The summed E-state index contributed by atoms with van der Waals surface area (Å²) in [7, 11) is -1.33. The Morgan fingerprint density at radius 2 is 2.08 bits per heavy atom. The van der Waals surface area contributed by atoms with Crippen molar-refractivity contribution in [1.29, 1.82) is 0 Å². The van der Waals surface area contributed by atoms with Crippen LogP contribution in [0.15, 0.2) is 40.4 Å². The Morgan fingerprint density at radius 1 is 1.33 bits per heavy atom. The molecule has 4 nitrogen and oxygen atoms in total. The summed E-state index contributed by atoms with van der Waals surface area (Å²) in [6, 6.07) is 5.09. The summed E-state index contributed by atoms with van der Waals surface area (Å²) in [5.74, 6) is 1.41. The molecule has 24 heavy (non-hydrogen) atoms. The number of nitrogens with zero attached hydrogens (tertiary/aromatic N) is 1. The third-order valence-corrected chi connectivity index (χ3v) is 6.21. The zero-order valence-electron chi connectivity index (χ0n) is 14.0. The van der Waals surface area contributed by atoms with Gasteiger partial charge in [0.1, 0.15) is 5.75 Å². The monoisotopic (exact) mass is 367 g/mol. The van der Waals surface area contributed by atoms with Crippen LogP contribution in [-0.2, 0) is 9.84 Å². The molecule has 1 saturated carbocycles. The number of sulfone groups is 1. The Balaban J connectivity index is 2.03. The summed E-state index contributed by atoms with van der Waals surface area (Å²) in [6.07, 6.45) is 6.25. The van der Waals surface area contributed by atoms with Crippen LogP contribution in [0.2, 0.25) is 0 Å². The molecule has 0 unspecified atom stereocenters. The lowest BCUT2D eigenvalue weighted by Gasteiger charge is -2.22. The molecule has 0 aromatic heterocycles. The molecule has 1 aliphatic carbocycles. The molecule has 0 bridgehead atoms. The van der Waals surface area contributed by atoms with Gasteiger partial charge in [-0.05, 0) is 43.0 Å². The maximum atomic E-state index is 12.2. The predicted octanol–water partition coefficient (Wildman–Crippen LogP) is 3.68. The maximum absolute atomic E-state index is 12.2. The zero-order valence-corrected chi connectivity index (χ0v) is 15.5. The first-order chi connectivity index (χ1) is 11.4. The van der Waals surface area contributed by atoms with Crippen LogP contribution < -0.4 is 4.74 Å². The molecule has 0 radical (unpaired) electrons. The summed E-state index contributed by atoms with van der Waals surface area (Å²) in [6.45, 7) is 2.97. The van der Waals surface area contributed by atoms with Crippen LogP contribution in [-0.4, -0.2) is 39.3 Å². The first-order valence-electron chi connectivity index (χ1n) is 8.17. The fourth-order valence-corrected chi connectivity index (χ4v) is 3.85. The highest BCUT2D eigenvalue weighted by molar-refractivity contribution is 7.91. The third-order valence-electron chi connectivity index (χ3n) is 4.24. The van der Waals surface area contributed by atoms with E-state index >= 15 is 0 Å². The summed E-state index contributed by atoms with van der Waals surface area (Å²) in [5.41, 5.74) is 1.64. The van der Waals surface area contributed by atoms with E-state index in [1.54, 1.807) is 25.1 Å². The van der Waals surface area contributed by atoms with E-state index in [-0.39, 0.29) is 5.75 Å². The molecule has 1 aromatic rings. The van der Waals surface area contributed by atoms with Gasteiger partial charge in [0.2, 0.25) is 0 Å². The van der Waals surface area contributed by atoms with E-state index in [4.69, 9.17) is 16.3 Å². The molecule has 1 aromatic carbocycles. The van der Waals surface area contributed by atoms with Crippen molar-refractivity contribution in [1.82, 2.24) is 4.90 Å². The van der Waals surface area contributed by atoms with Gasteiger partial charge in [0, 0.05) is 29.4 Å². The van der Waals surface area contributed by atoms with E-state index in [2.05, 4.69) is 0 Å². The Kier molecular flexibility index (Phi) is 4.92. The first-order valence-corrected chi connectivity index (χ1v) is 10.2. The van der Waals surface area contributed by atoms with Crippen molar-refractivity contribution in [2.75, 3.05) is 26.0 Å². The average Bonchev–Trinajstić information content (AvgIpc) is 3.36. The normalized spacial score (nSPS) is 18.2. The Hall–Kier alpha value is -1.46. The van der Waals surface area contributed by atoms with Crippen LogP contribution in [0.1, 0.15) is 25.3 Å². The van der Waals surface area contributed by atoms with Crippen LogP contribution in [0.25, 0.3) is 5.57 Å². The van der Waals surface area contributed by atoms with Crippen LogP contribution in [0, 0.1) is 5.92 Å². The molecule has 130 valence electrons. The summed E-state index contributed by atoms with van der Waals surface area (Å²) >= 11 is 6.22. The van der Waals surface area contributed by atoms with Gasteiger partial charge in [-0.3, -0.25) is 0 Å². The molecule has 1 aliphatic heterocycles. The molecular formula is C18H22ClNO3S. The molecule has 1 heterocycles. The quantitative estimate of drug-likeness (QED) is 0.769. The minimum atomic E-state index is -3.27. The van der Waals surface area contributed by atoms with E-state index in [1.807, 2.05) is 24.2 Å². The summed E-state index contributed by atoms with van der Waals surface area (Å²) < 4.78 is 30.4. The Bertz CT molecular complexity index is 794. The molecule has 0 spiro atoms. The van der Waals surface area contributed by atoms with Gasteiger partial charge in [0.05, 0.1) is 23.8 Å². The lowest BCUT2D eigenvalue weighted by molar-refractivity contribution is 0.299. The minimum absolute atomic E-state index is 0.0737. The van der Waals surface area contributed by atoms with E-state index in [0.717, 1.165) is 11.1 Å². The molecule has 3 rings (SSSR count). The maximum Gasteiger partial charge on any atom is 0.178 e. The van der Waals surface area contributed by atoms with Gasteiger partial charge in [-0.1, -0.05) is 18.5 Å². The number of allylic oxidation sites excluding steroid dienone is 2. The average molecular weight is 368 g/mol. The molecule has 0 saturated heterocycles. The van der Waals surface area contributed by atoms with Gasteiger partial charge in [0.25, 0.3) is 0 Å². The number of hydrogen-bond acceptors (Lipinski definition) is 4. The fourth-order valence-electron chi connectivity index (χ4n) is 2.63. The molecule has 0 atom stereocenters. The van der Waals surface area contributed by atoms with Gasteiger partial charge in [0.15, 0.2) is 9.84 Å². The summed E-state index contributed by atoms with van der Waals surface area (Å²) in [5, 5.41) is 0.715. The topological polar surface area (TPSA) is 46.6 Å². The van der Waals surface area contributed by atoms with Gasteiger partial charge in [-0.15, -0.1) is 0 Å². The van der Waals surface area contributed by atoms with Crippen molar-refractivity contribution >= 4 is 27.0 Å². The predicted molar refractivity (Wildman–Crippen MR) is 96.9 cm³/mol. The van der Waals surface area contributed by atoms with E-state index < -0.39 is 9.84 Å². The van der Waals surface area contributed by atoms with Crippen molar-refractivity contribution < 1.29 is 13.2 Å². The van der Waals surface area contributed by atoms with Gasteiger partial charge in [-0.2, -0.15) is 0 Å². The van der Waals surface area contributed by atoms with E-state index in [1.165, 1.54) is 12.8 Å². The molecule has 2 aliphatic rings. The number of ether oxygens (including phenoxy) is 1. The Morgan fingerprint density at radius 3 is 2.71 bits per heavy atom. The van der Waals surface area contributed by atoms with Crippen molar-refractivity contribution in [2.45, 2.75) is 24.7 Å². The highest BCUT2D eigenvalue weighted by Crippen LogP contribution is 2.35. The van der Waals surface area contributed by atoms with Crippen LogP contribution in [0.4, 0.5) is 0 Å². The van der Waals surface area contributed by atoms with Gasteiger partial charge in [-0.25, -0.2) is 8.42 Å². The molecule has 6 heteroatoms. The van der Waals surface area contributed by atoms with E-state index in [9.17, 15) is 8.42 Å². The van der Waals surface area contributed by atoms with Gasteiger partial charge < -0.3 is 9.64 Å². The SMILES string of the molecule is CCS(=O)(=O)c1ccc(OCC2CC2)c(C2=CN(C)CC(Cl)=C2)c1. The fraction of sp³-hybridized carbons (Fsp3) is 0.444. The number of benzene rings is 1. The van der Waals surface area contributed by atoms with Crippen LogP contribution >= 0.6 is 11.6 Å². The zero-order chi connectivity index (χ0) is 17.3. The lowest BCUT2D eigenvalue weighted by atomic mass is 10.0. The second-order valence-corrected chi connectivity index (χ2v) is 9.17. The third kappa shape index (κ3) is 3.95. The second kappa shape index (κ2) is 6.81. The molecule has 0 N–H and O–H groups in total. The van der Waals surface area contributed by atoms with Crippen LogP contribution in [0.5, 0.6) is 5.75 Å². The first kappa shape index (κ1) is 17.4. The molecule has 1 fully saturated rings. The van der Waals surface area contributed by atoms with Crippen molar-refractivity contribution in [3.8, 4) is 5.75 Å². The lowest BCUT2D eigenvalue weighted by Crippen LogP contribution is -2.17. The molecular weight excluding hydrogens is 346 g/mol. The standard InChI is InChI=1S/C18H22ClNO3S/c1-3-24(21,22)16-6-7-18(23-12-13-4-5-13)17(9-16)14-8-15(19)11-20(2)10-14/h6-10,13H,3-5,11-12H2,1-2H3. The number of halogens is 1. The molecule has 0 amide bonds. The number of rotatable bonds is 6. The van der Waals surface area contributed by atoms with Crippen molar-refractivity contribution in [3.63, 3.8) is 0 Å². The van der Waals surface area contributed by atoms with E-state index in [0.29, 0.717) is 34.7 Å².